The Morgan fingerprint density at radius 1 is 1.11 bits per heavy atom. The molecular weight excluding hydrogens is 452 g/mol. The smallest absolute Gasteiger partial charge is 0.306 e. The Balaban J connectivity index is 2.93. The lowest BCUT2D eigenvalue weighted by atomic mass is 9.97. The van der Waals surface area contributed by atoms with Gasteiger partial charge in [-0.2, -0.15) is 0 Å². The number of hydrogen-bond donors (Lipinski definition) is 3. The Kier molecular flexibility index (Phi) is 15.7. The first kappa shape index (κ1) is 30.0. The van der Waals surface area contributed by atoms with Crippen molar-refractivity contribution in [2.45, 2.75) is 37.8 Å². The van der Waals surface area contributed by atoms with Crippen LogP contribution in [-0.2, 0) is 28.6 Å². The minimum atomic E-state index is -0.778. The molecule has 194 valence electrons. The molecule has 0 unspecified atom stereocenters. The molecule has 35 heavy (non-hydrogen) atoms. The number of nitrogens with one attached hydrogen (secondary N) is 2. The monoisotopic (exact) mass is 490 g/mol. The summed E-state index contributed by atoms with van der Waals surface area (Å²) in [7, 11) is 1.49. The number of ether oxygens (including phenoxy) is 3. The van der Waals surface area contributed by atoms with Gasteiger partial charge in [0.25, 0.3) is 0 Å². The molecule has 0 heterocycles. The van der Waals surface area contributed by atoms with Gasteiger partial charge in [-0.1, -0.05) is 42.5 Å². The number of aliphatic hydroxyl groups excluding tert-OH is 1. The Labute approximate surface area is 207 Å². The first-order chi connectivity index (χ1) is 17.0. The fourth-order valence-electron chi connectivity index (χ4n) is 3.34. The van der Waals surface area contributed by atoms with Crippen LogP contribution in [0.25, 0.3) is 0 Å². The van der Waals surface area contributed by atoms with Crippen LogP contribution in [0.2, 0.25) is 0 Å². The average Bonchev–Trinajstić information content (AvgIpc) is 2.86. The Morgan fingerprint density at radius 3 is 2.49 bits per heavy atom. The summed E-state index contributed by atoms with van der Waals surface area (Å²) in [5, 5.41) is 14.3. The standard InChI is InChI=1S/C26H38N2O7/c1-4-6-13-24(31)35-25(20-11-8-7-9-12-20)22(19-33-3)28-26(32)21(10-5-2)18-23(30)27-14-16-34-17-15-29/h4-5,7-9,11-12,21-22,25,29H,1-2,6,10,13-19H2,3H3,(H,27,30)(H,28,32)/t21-,22-,25-/m0/s1. The lowest BCUT2D eigenvalue weighted by molar-refractivity contribution is -0.153. The van der Waals surface area contributed by atoms with Gasteiger partial charge in [-0.15, -0.1) is 13.2 Å². The van der Waals surface area contributed by atoms with Crippen LogP contribution in [-0.4, -0.2) is 69.0 Å². The van der Waals surface area contributed by atoms with Crippen molar-refractivity contribution in [2.75, 3.05) is 40.1 Å². The molecule has 0 spiro atoms. The molecule has 1 aromatic carbocycles. The van der Waals surface area contributed by atoms with Crippen molar-refractivity contribution < 1.29 is 33.7 Å². The van der Waals surface area contributed by atoms with Crippen LogP contribution in [0.1, 0.15) is 37.4 Å². The van der Waals surface area contributed by atoms with Crippen molar-refractivity contribution in [2.24, 2.45) is 5.92 Å². The summed E-state index contributed by atoms with van der Waals surface area (Å²) < 4.78 is 16.2. The maximum Gasteiger partial charge on any atom is 0.306 e. The Hall–Kier alpha value is -3.01. The molecule has 3 N–H and O–H groups in total. The second-order valence-corrected chi connectivity index (χ2v) is 7.83. The van der Waals surface area contributed by atoms with E-state index in [1.165, 1.54) is 7.11 Å². The van der Waals surface area contributed by atoms with Gasteiger partial charge in [0.2, 0.25) is 11.8 Å². The van der Waals surface area contributed by atoms with Gasteiger partial charge in [0.1, 0.15) is 6.10 Å². The van der Waals surface area contributed by atoms with E-state index in [-0.39, 0.29) is 64.0 Å². The Bertz CT molecular complexity index is 785. The molecule has 0 aromatic heterocycles. The zero-order valence-corrected chi connectivity index (χ0v) is 20.4. The van der Waals surface area contributed by atoms with E-state index in [1.807, 2.05) is 30.3 Å². The fraction of sp³-hybridized carbons (Fsp3) is 0.500. The maximum atomic E-state index is 13.2. The summed E-state index contributed by atoms with van der Waals surface area (Å²) in [6.07, 6.45) is 3.32. The summed E-state index contributed by atoms with van der Waals surface area (Å²) in [4.78, 5) is 37.9. The lowest BCUT2D eigenvalue weighted by Gasteiger charge is -2.29. The molecule has 0 bridgehead atoms. The third-order valence-electron chi connectivity index (χ3n) is 5.04. The average molecular weight is 491 g/mol. The van der Waals surface area contributed by atoms with Gasteiger partial charge >= 0.3 is 5.97 Å². The highest BCUT2D eigenvalue weighted by Gasteiger charge is 2.31. The van der Waals surface area contributed by atoms with Gasteiger partial charge in [-0.25, -0.2) is 0 Å². The van der Waals surface area contributed by atoms with Crippen molar-refractivity contribution >= 4 is 17.8 Å². The molecule has 0 fully saturated rings. The number of hydrogen-bond acceptors (Lipinski definition) is 7. The molecule has 0 saturated heterocycles. The molecule has 9 heteroatoms. The van der Waals surface area contributed by atoms with E-state index in [0.717, 1.165) is 0 Å². The fourth-order valence-corrected chi connectivity index (χ4v) is 3.34. The summed E-state index contributed by atoms with van der Waals surface area (Å²) in [6.45, 7) is 8.04. The molecule has 1 rings (SSSR count). The summed E-state index contributed by atoms with van der Waals surface area (Å²) in [6, 6.07) is 8.44. The molecule has 9 nitrogen and oxygen atoms in total. The molecule has 0 radical (unpaired) electrons. The van der Waals surface area contributed by atoms with E-state index >= 15 is 0 Å². The molecule has 2 amide bonds. The van der Waals surface area contributed by atoms with Crippen molar-refractivity contribution in [1.29, 1.82) is 0 Å². The van der Waals surface area contributed by atoms with Crippen LogP contribution in [0.15, 0.2) is 55.6 Å². The molecule has 0 aliphatic carbocycles. The number of amides is 2. The van der Waals surface area contributed by atoms with Crippen LogP contribution in [0, 0.1) is 5.92 Å². The number of aliphatic hydroxyl groups is 1. The van der Waals surface area contributed by atoms with E-state index in [9.17, 15) is 14.4 Å². The van der Waals surface area contributed by atoms with Crippen LogP contribution in [0.4, 0.5) is 0 Å². The molecule has 0 aliphatic rings. The van der Waals surface area contributed by atoms with Gasteiger partial charge in [-0.05, 0) is 18.4 Å². The Morgan fingerprint density at radius 2 is 1.86 bits per heavy atom. The van der Waals surface area contributed by atoms with E-state index < -0.39 is 24.0 Å². The highest BCUT2D eigenvalue weighted by atomic mass is 16.5. The molecule has 0 saturated carbocycles. The third kappa shape index (κ3) is 12.3. The number of carbonyl (C=O) groups is 3. The lowest BCUT2D eigenvalue weighted by Crippen LogP contribution is -2.47. The highest BCUT2D eigenvalue weighted by Crippen LogP contribution is 2.24. The van der Waals surface area contributed by atoms with E-state index in [2.05, 4.69) is 23.8 Å². The molecular formula is C26H38N2O7. The number of benzene rings is 1. The molecule has 0 aliphatic heterocycles. The van der Waals surface area contributed by atoms with Crippen molar-refractivity contribution in [3.05, 3.63) is 61.2 Å². The normalized spacial score (nSPS) is 13.2. The van der Waals surface area contributed by atoms with Crippen LogP contribution in [0.3, 0.4) is 0 Å². The minimum Gasteiger partial charge on any atom is -0.455 e. The van der Waals surface area contributed by atoms with Gasteiger partial charge in [-0.3, -0.25) is 14.4 Å². The summed E-state index contributed by atoms with van der Waals surface area (Å²) in [5.74, 6) is -1.77. The first-order valence-corrected chi connectivity index (χ1v) is 11.7. The van der Waals surface area contributed by atoms with E-state index in [4.69, 9.17) is 19.3 Å². The number of rotatable bonds is 19. The predicted molar refractivity (Wildman–Crippen MR) is 132 cm³/mol. The largest absolute Gasteiger partial charge is 0.455 e. The van der Waals surface area contributed by atoms with Gasteiger partial charge in [0.05, 0.1) is 38.4 Å². The van der Waals surface area contributed by atoms with Gasteiger partial charge in [0, 0.05) is 26.5 Å². The SMILES string of the molecule is C=CCCC(=O)O[C@@H](c1ccccc1)[C@H](COC)NC(=O)[C@@H](CC=C)CC(=O)NCCOCCO. The quantitative estimate of drug-likeness (QED) is 0.154. The first-order valence-electron chi connectivity index (χ1n) is 11.7. The molecule has 1 aromatic rings. The van der Waals surface area contributed by atoms with Crippen LogP contribution >= 0.6 is 0 Å². The minimum absolute atomic E-state index is 0.0489. The van der Waals surface area contributed by atoms with Crippen LogP contribution < -0.4 is 10.6 Å². The number of carbonyl (C=O) groups excluding carboxylic acids is 3. The highest BCUT2D eigenvalue weighted by molar-refractivity contribution is 5.86. The summed E-state index contributed by atoms with van der Waals surface area (Å²) in [5.41, 5.74) is 0.711. The summed E-state index contributed by atoms with van der Waals surface area (Å²) >= 11 is 0. The van der Waals surface area contributed by atoms with Crippen molar-refractivity contribution in [1.82, 2.24) is 10.6 Å². The van der Waals surface area contributed by atoms with E-state index in [0.29, 0.717) is 12.0 Å². The predicted octanol–water partition coefficient (Wildman–Crippen LogP) is 2.08. The number of methoxy groups -OCH3 is 1. The molecule has 3 atom stereocenters. The third-order valence-corrected chi connectivity index (χ3v) is 5.04. The maximum absolute atomic E-state index is 13.2. The van der Waals surface area contributed by atoms with Gasteiger partial charge in [0.15, 0.2) is 0 Å². The van der Waals surface area contributed by atoms with Crippen molar-refractivity contribution in [3.63, 3.8) is 0 Å². The van der Waals surface area contributed by atoms with Crippen LogP contribution in [0.5, 0.6) is 0 Å². The van der Waals surface area contributed by atoms with Gasteiger partial charge < -0.3 is 30.0 Å². The van der Waals surface area contributed by atoms with Crippen molar-refractivity contribution in [3.8, 4) is 0 Å². The second-order valence-electron chi connectivity index (χ2n) is 7.83. The number of esters is 1. The number of allylic oxidation sites excluding steroid dienone is 2. The zero-order valence-electron chi connectivity index (χ0n) is 20.4. The zero-order chi connectivity index (χ0) is 25.9. The van der Waals surface area contributed by atoms with E-state index in [1.54, 1.807) is 12.2 Å². The topological polar surface area (TPSA) is 123 Å². The second kappa shape index (κ2) is 18.3.